The number of likely N-dealkylation sites (N-methyl/N-ethyl adjacent to an activating group) is 1. The summed E-state index contributed by atoms with van der Waals surface area (Å²) in [7, 11) is 5.98. The summed E-state index contributed by atoms with van der Waals surface area (Å²) in [5, 5.41) is 9.24. The van der Waals surface area contributed by atoms with Gasteiger partial charge >= 0.3 is 0 Å². The van der Waals surface area contributed by atoms with Crippen LogP contribution in [0, 0.1) is 0 Å². The molecule has 1 unspecified atom stereocenters. The maximum absolute atomic E-state index is 9.24. The smallest absolute Gasteiger partial charge is 0.123 e. The van der Waals surface area contributed by atoms with Crippen LogP contribution in [0.2, 0.25) is 0 Å². The van der Waals surface area contributed by atoms with Gasteiger partial charge in [0.1, 0.15) is 5.75 Å². The van der Waals surface area contributed by atoms with E-state index in [-0.39, 0.29) is 6.61 Å². The van der Waals surface area contributed by atoms with Gasteiger partial charge in [-0.05, 0) is 38.2 Å². The highest BCUT2D eigenvalue weighted by atomic mass is 16.5. The number of nitrogens with zero attached hydrogens (tertiary/aromatic N) is 2. The first-order chi connectivity index (χ1) is 9.13. The van der Waals surface area contributed by atoms with Crippen molar-refractivity contribution >= 4 is 0 Å². The first kappa shape index (κ1) is 14.3. The van der Waals surface area contributed by atoms with Gasteiger partial charge in [-0.25, -0.2) is 0 Å². The highest BCUT2D eigenvalue weighted by Crippen LogP contribution is 2.24. The third-order valence-electron chi connectivity index (χ3n) is 3.90. The topological polar surface area (TPSA) is 35.9 Å². The highest BCUT2D eigenvalue weighted by Gasteiger charge is 2.24. The minimum Gasteiger partial charge on any atom is -0.496 e. The van der Waals surface area contributed by atoms with Gasteiger partial charge in [-0.15, -0.1) is 0 Å². The fraction of sp³-hybridized carbons (Fsp3) is 0.600. The largest absolute Gasteiger partial charge is 0.496 e. The van der Waals surface area contributed by atoms with Crippen molar-refractivity contribution in [1.29, 1.82) is 0 Å². The van der Waals surface area contributed by atoms with E-state index < -0.39 is 0 Å². The maximum Gasteiger partial charge on any atom is 0.123 e. The molecule has 0 radical (unpaired) electrons. The van der Waals surface area contributed by atoms with E-state index in [9.17, 15) is 5.11 Å². The van der Waals surface area contributed by atoms with Gasteiger partial charge in [-0.2, -0.15) is 0 Å². The Morgan fingerprint density at radius 2 is 2.21 bits per heavy atom. The quantitative estimate of drug-likeness (QED) is 0.870. The second-order valence-corrected chi connectivity index (χ2v) is 5.45. The number of hydrogen-bond acceptors (Lipinski definition) is 4. The maximum atomic E-state index is 9.24. The van der Waals surface area contributed by atoms with Gasteiger partial charge in [0.05, 0.1) is 13.7 Å². The molecule has 0 saturated carbocycles. The Kier molecular flexibility index (Phi) is 4.80. The van der Waals surface area contributed by atoms with Crippen LogP contribution in [0.25, 0.3) is 0 Å². The lowest BCUT2D eigenvalue weighted by Gasteiger charge is -2.21. The lowest BCUT2D eigenvalue weighted by molar-refractivity contribution is 0.261. The van der Waals surface area contributed by atoms with E-state index in [2.05, 4.69) is 23.9 Å². The van der Waals surface area contributed by atoms with Crippen LogP contribution in [0.1, 0.15) is 17.5 Å². The van der Waals surface area contributed by atoms with Crippen LogP contribution in [-0.2, 0) is 13.2 Å². The van der Waals surface area contributed by atoms with Gasteiger partial charge in [-0.3, -0.25) is 4.90 Å². The van der Waals surface area contributed by atoms with Crippen molar-refractivity contribution in [3.63, 3.8) is 0 Å². The fourth-order valence-electron chi connectivity index (χ4n) is 2.67. The average Bonchev–Trinajstić information content (AvgIpc) is 2.87. The fourth-order valence-corrected chi connectivity index (χ4v) is 2.67. The standard InChI is InChI=1S/C15H24N2O2/c1-16(2)14-6-7-17(10-14)9-13-8-12(11-18)4-5-15(13)19-3/h4-5,8,14,18H,6-7,9-11H2,1-3H3. The summed E-state index contributed by atoms with van der Waals surface area (Å²) in [6.07, 6.45) is 1.22. The lowest BCUT2D eigenvalue weighted by Crippen LogP contribution is -2.31. The van der Waals surface area contributed by atoms with Crippen molar-refractivity contribution < 1.29 is 9.84 Å². The zero-order valence-electron chi connectivity index (χ0n) is 12.1. The molecule has 0 aromatic heterocycles. The van der Waals surface area contributed by atoms with Crippen LogP contribution < -0.4 is 4.74 Å². The van der Waals surface area contributed by atoms with Crippen molar-refractivity contribution in [3.8, 4) is 5.75 Å². The molecular formula is C15H24N2O2. The molecular weight excluding hydrogens is 240 g/mol. The number of aliphatic hydroxyl groups excluding tert-OH is 1. The third kappa shape index (κ3) is 3.47. The van der Waals surface area contributed by atoms with Gasteiger partial charge in [-0.1, -0.05) is 6.07 Å². The van der Waals surface area contributed by atoms with Crippen LogP contribution >= 0.6 is 0 Å². The molecule has 1 aromatic rings. The molecule has 0 spiro atoms. The van der Waals surface area contributed by atoms with Crippen molar-refractivity contribution in [1.82, 2.24) is 9.80 Å². The zero-order chi connectivity index (χ0) is 13.8. The van der Waals surface area contributed by atoms with Gasteiger partial charge in [0.15, 0.2) is 0 Å². The van der Waals surface area contributed by atoms with Gasteiger partial charge < -0.3 is 14.7 Å². The summed E-state index contributed by atoms with van der Waals surface area (Å²) >= 11 is 0. The van der Waals surface area contributed by atoms with Crippen LogP contribution in [0.4, 0.5) is 0 Å². The molecule has 4 heteroatoms. The summed E-state index contributed by atoms with van der Waals surface area (Å²) in [5.41, 5.74) is 2.10. The number of benzene rings is 1. The monoisotopic (exact) mass is 264 g/mol. The zero-order valence-corrected chi connectivity index (χ0v) is 12.1. The minimum absolute atomic E-state index is 0.0807. The molecule has 1 aliphatic rings. The Hall–Kier alpha value is -1.10. The molecule has 1 atom stereocenters. The Bertz CT molecular complexity index is 421. The summed E-state index contributed by atoms with van der Waals surface area (Å²) in [6.45, 7) is 3.19. The summed E-state index contributed by atoms with van der Waals surface area (Å²) in [4.78, 5) is 4.74. The molecule has 0 amide bonds. The van der Waals surface area contributed by atoms with Crippen molar-refractivity contribution in [2.75, 3.05) is 34.3 Å². The van der Waals surface area contributed by atoms with Crippen LogP contribution in [-0.4, -0.2) is 55.2 Å². The molecule has 1 saturated heterocycles. The predicted molar refractivity (Wildman–Crippen MR) is 76.3 cm³/mol. The van der Waals surface area contributed by atoms with E-state index in [1.807, 2.05) is 18.2 Å². The molecule has 1 N–H and O–H groups in total. The van der Waals surface area contributed by atoms with Crippen molar-refractivity contribution in [2.45, 2.75) is 25.6 Å². The van der Waals surface area contributed by atoms with E-state index in [4.69, 9.17) is 4.74 Å². The normalized spacial score (nSPS) is 20.2. The number of methoxy groups -OCH3 is 1. The van der Waals surface area contributed by atoms with Crippen molar-refractivity contribution in [2.24, 2.45) is 0 Å². The minimum atomic E-state index is 0.0807. The number of aliphatic hydroxyl groups is 1. The number of ether oxygens (including phenoxy) is 1. The van der Waals surface area contributed by atoms with Crippen molar-refractivity contribution in [3.05, 3.63) is 29.3 Å². The molecule has 1 aromatic carbocycles. The van der Waals surface area contributed by atoms with Crippen LogP contribution in [0.5, 0.6) is 5.75 Å². The number of rotatable bonds is 5. The second-order valence-electron chi connectivity index (χ2n) is 5.45. The van der Waals surface area contributed by atoms with E-state index >= 15 is 0 Å². The Morgan fingerprint density at radius 3 is 2.79 bits per heavy atom. The van der Waals surface area contributed by atoms with E-state index in [1.165, 1.54) is 6.42 Å². The molecule has 1 aliphatic heterocycles. The molecule has 0 aliphatic carbocycles. The summed E-state index contributed by atoms with van der Waals surface area (Å²) in [5.74, 6) is 0.908. The molecule has 19 heavy (non-hydrogen) atoms. The molecule has 1 fully saturated rings. The molecule has 106 valence electrons. The van der Waals surface area contributed by atoms with Gasteiger partial charge in [0, 0.05) is 31.2 Å². The van der Waals surface area contributed by atoms with Gasteiger partial charge in [0.2, 0.25) is 0 Å². The second kappa shape index (κ2) is 6.37. The average molecular weight is 264 g/mol. The highest BCUT2D eigenvalue weighted by molar-refractivity contribution is 5.37. The molecule has 0 bridgehead atoms. The first-order valence-electron chi connectivity index (χ1n) is 6.79. The Morgan fingerprint density at radius 1 is 1.42 bits per heavy atom. The Balaban J connectivity index is 2.06. The number of hydrogen-bond donors (Lipinski definition) is 1. The number of likely N-dealkylation sites (tertiary alicyclic amines) is 1. The van der Waals surface area contributed by atoms with E-state index in [1.54, 1.807) is 7.11 Å². The first-order valence-corrected chi connectivity index (χ1v) is 6.79. The summed E-state index contributed by atoms with van der Waals surface area (Å²) in [6, 6.07) is 6.55. The summed E-state index contributed by atoms with van der Waals surface area (Å²) < 4.78 is 5.41. The SMILES string of the molecule is COc1ccc(CO)cc1CN1CCC(N(C)C)C1. The molecule has 2 rings (SSSR count). The predicted octanol–water partition coefficient (Wildman–Crippen LogP) is 1.32. The van der Waals surface area contributed by atoms with Crippen LogP contribution in [0.3, 0.4) is 0 Å². The molecule has 4 nitrogen and oxygen atoms in total. The van der Waals surface area contributed by atoms with Crippen LogP contribution in [0.15, 0.2) is 18.2 Å². The lowest BCUT2D eigenvalue weighted by atomic mass is 10.1. The van der Waals surface area contributed by atoms with E-state index in [0.717, 1.165) is 36.5 Å². The third-order valence-corrected chi connectivity index (χ3v) is 3.90. The Labute approximate surface area is 115 Å². The van der Waals surface area contributed by atoms with E-state index in [0.29, 0.717) is 6.04 Å². The van der Waals surface area contributed by atoms with Gasteiger partial charge in [0.25, 0.3) is 0 Å². The molecule has 1 heterocycles.